The second kappa shape index (κ2) is 1.97. The largest absolute Gasteiger partial charge is 0.460 e. The molecule has 0 aromatic carbocycles. The van der Waals surface area contributed by atoms with E-state index in [0.717, 1.165) is 13.0 Å². The van der Waals surface area contributed by atoms with E-state index in [0.29, 0.717) is 6.01 Å². The van der Waals surface area contributed by atoms with Crippen LogP contribution in [0.1, 0.15) is 13.3 Å². The molecule has 4 heteroatoms. The molecule has 0 bridgehead atoms. The van der Waals surface area contributed by atoms with Crippen LogP contribution in [0.15, 0.2) is 6.33 Å². The maximum absolute atomic E-state index is 5.36. The Kier molecular flexibility index (Phi) is 1.12. The van der Waals surface area contributed by atoms with Gasteiger partial charge in [-0.3, -0.25) is 4.57 Å². The number of hydrogen-bond acceptors (Lipinski definition) is 3. The van der Waals surface area contributed by atoms with Gasteiger partial charge in [0.25, 0.3) is 0 Å². The van der Waals surface area contributed by atoms with Crippen molar-refractivity contribution in [1.29, 1.82) is 0 Å². The van der Waals surface area contributed by atoms with Gasteiger partial charge in [-0.1, -0.05) is 5.10 Å². The molecule has 4 nitrogen and oxygen atoms in total. The summed E-state index contributed by atoms with van der Waals surface area (Å²) in [4.78, 5) is 0. The number of fused-ring (bicyclic) bond motifs is 1. The van der Waals surface area contributed by atoms with Gasteiger partial charge >= 0.3 is 6.01 Å². The molecular weight excluding hydrogens is 130 g/mol. The first-order chi connectivity index (χ1) is 4.86. The molecule has 2 rings (SSSR count). The minimum Gasteiger partial charge on any atom is -0.460 e. The monoisotopic (exact) mass is 139 g/mol. The lowest BCUT2D eigenvalue weighted by molar-refractivity contribution is 0.148. The standard InChI is InChI=1S/C6H9N3O/c1-5-2-3-9-4-7-8-6(9)10-5/h4-5H,2-3H2,1H3. The molecule has 0 N–H and O–H groups in total. The molecule has 0 saturated heterocycles. The fraction of sp³-hybridized carbons (Fsp3) is 0.667. The summed E-state index contributed by atoms with van der Waals surface area (Å²) in [5, 5.41) is 7.52. The van der Waals surface area contributed by atoms with Crippen LogP contribution in [0.3, 0.4) is 0 Å². The van der Waals surface area contributed by atoms with Crippen LogP contribution in [0.4, 0.5) is 0 Å². The third kappa shape index (κ3) is 0.761. The van der Waals surface area contributed by atoms with Gasteiger partial charge in [-0.15, -0.1) is 5.10 Å². The maximum atomic E-state index is 5.36. The molecule has 0 radical (unpaired) electrons. The Hall–Kier alpha value is -1.06. The van der Waals surface area contributed by atoms with E-state index in [1.165, 1.54) is 0 Å². The van der Waals surface area contributed by atoms with Crippen molar-refractivity contribution in [3.63, 3.8) is 0 Å². The number of hydrogen-bond donors (Lipinski definition) is 0. The molecule has 1 aliphatic heterocycles. The van der Waals surface area contributed by atoms with Gasteiger partial charge < -0.3 is 4.74 Å². The molecular formula is C6H9N3O. The number of ether oxygens (including phenoxy) is 1. The van der Waals surface area contributed by atoms with Gasteiger partial charge in [0, 0.05) is 13.0 Å². The van der Waals surface area contributed by atoms with Gasteiger partial charge in [0.1, 0.15) is 12.4 Å². The first kappa shape index (κ1) is 5.70. The predicted molar refractivity (Wildman–Crippen MR) is 34.7 cm³/mol. The van der Waals surface area contributed by atoms with E-state index in [1.807, 2.05) is 11.5 Å². The molecule has 10 heavy (non-hydrogen) atoms. The third-order valence-electron chi connectivity index (χ3n) is 1.66. The lowest BCUT2D eigenvalue weighted by atomic mass is 10.3. The topological polar surface area (TPSA) is 39.9 Å². The maximum Gasteiger partial charge on any atom is 0.317 e. The van der Waals surface area contributed by atoms with Gasteiger partial charge in [-0.25, -0.2) is 0 Å². The van der Waals surface area contributed by atoms with Crippen LogP contribution in [0.25, 0.3) is 0 Å². The molecule has 1 atom stereocenters. The first-order valence-electron chi connectivity index (χ1n) is 3.41. The Morgan fingerprint density at radius 1 is 1.80 bits per heavy atom. The van der Waals surface area contributed by atoms with Crippen LogP contribution >= 0.6 is 0 Å². The van der Waals surface area contributed by atoms with Crippen molar-refractivity contribution < 1.29 is 4.74 Å². The molecule has 1 aromatic heterocycles. The van der Waals surface area contributed by atoms with Crippen molar-refractivity contribution in [2.75, 3.05) is 0 Å². The minimum atomic E-state index is 0.289. The van der Waals surface area contributed by atoms with Gasteiger partial charge in [-0.2, -0.15) is 0 Å². The van der Waals surface area contributed by atoms with Crippen molar-refractivity contribution in [2.24, 2.45) is 0 Å². The Morgan fingerprint density at radius 2 is 2.70 bits per heavy atom. The van der Waals surface area contributed by atoms with Gasteiger partial charge in [-0.05, 0) is 6.92 Å². The van der Waals surface area contributed by atoms with E-state index in [2.05, 4.69) is 10.2 Å². The zero-order valence-electron chi connectivity index (χ0n) is 5.82. The highest BCUT2D eigenvalue weighted by Gasteiger charge is 2.15. The van der Waals surface area contributed by atoms with Crippen LogP contribution in [-0.4, -0.2) is 20.9 Å². The molecule has 0 aliphatic carbocycles. The van der Waals surface area contributed by atoms with Crippen molar-refractivity contribution in [2.45, 2.75) is 26.0 Å². The molecule has 0 spiro atoms. The first-order valence-corrected chi connectivity index (χ1v) is 3.41. The van der Waals surface area contributed by atoms with Crippen LogP contribution in [0.5, 0.6) is 6.01 Å². The van der Waals surface area contributed by atoms with Gasteiger partial charge in [0.2, 0.25) is 0 Å². The van der Waals surface area contributed by atoms with Crippen LogP contribution in [0, 0.1) is 0 Å². The second-order valence-corrected chi connectivity index (χ2v) is 2.52. The summed E-state index contributed by atoms with van der Waals surface area (Å²) in [5.41, 5.74) is 0. The van der Waals surface area contributed by atoms with Crippen LogP contribution in [0.2, 0.25) is 0 Å². The lowest BCUT2D eigenvalue weighted by Gasteiger charge is -2.19. The Bertz CT molecular complexity index is 233. The highest BCUT2D eigenvalue weighted by molar-refractivity contribution is 4.95. The Morgan fingerprint density at radius 3 is 3.60 bits per heavy atom. The molecule has 2 heterocycles. The highest BCUT2D eigenvalue weighted by Crippen LogP contribution is 2.16. The van der Waals surface area contributed by atoms with Gasteiger partial charge in [0.15, 0.2) is 0 Å². The predicted octanol–water partition coefficient (Wildman–Crippen LogP) is 0.449. The number of nitrogens with zero attached hydrogens (tertiary/aromatic N) is 3. The normalized spacial score (nSPS) is 23.5. The van der Waals surface area contributed by atoms with Gasteiger partial charge in [0.05, 0.1) is 0 Å². The minimum absolute atomic E-state index is 0.289. The summed E-state index contributed by atoms with van der Waals surface area (Å²) in [7, 11) is 0. The molecule has 1 aromatic rings. The average molecular weight is 139 g/mol. The summed E-state index contributed by atoms with van der Waals surface area (Å²) in [6.45, 7) is 3.02. The average Bonchev–Trinajstić information content (AvgIpc) is 2.33. The van der Waals surface area contributed by atoms with E-state index >= 15 is 0 Å². The molecule has 1 aliphatic rings. The van der Waals surface area contributed by atoms with E-state index in [1.54, 1.807) is 6.33 Å². The zero-order valence-corrected chi connectivity index (χ0v) is 5.82. The smallest absolute Gasteiger partial charge is 0.317 e. The third-order valence-corrected chi connectivity index (χ3v) is 1.66. The van der Waals surface area contributed by atoms with Crippen molar-refractivity contribution >= 4 is 0 Å². The molecule has 0 amide bonds. The van der Waals surface area contributed by atoms with Crippen molar-refractivity contribution in [3.8, 4) is 6.01 Å². The summed E-state index contributed by atoms with van der Waals surface area (Å²) in [5.74, 6) is 0. The summed E-state index contributed by atoms with van der Waals surface area (Å²) in [6.07, 6.45) is 3.03. The fourth-order valence-electron chi connectivity index (χ4n) is 1.05. The summed E-state index contributed by atoms with van der Waals surface area (Å²) >= 11 is 0. The summed E-state index contributed by atoms with van der Waals surface area (Å²) < 4.78 is 7.28. The lowest BCUT2D eigenvalue weighted by Crippen LogP contribution is -2.22. The Balaban J connectivity index is 2.30. The van der Waals surface area contributed by atoms with E-state index in [4.69, 9.17) is 4.74 Å². The highest BCUT2D eigenvalue weighted by atomic mass is 16.5. The van der Waals surface area contributed by atoms with Crippen LogP contribution in [-0.2, 0) is 6.54 Å². The van der Waals surface area contributed by atoms with E-state index < -0.39 is 0 Å². The summed E-state index contributed by atoms with van der Waals surface area (Å²) in [6, 6.07) is 0.652. The zero-order chi connectivity index (χ0) is 6.97. The Labute approximate surface area is 58.8 Å². The second-order valence-electron chi connectivity index (χ2n) is 2.52. The van der Waals surface area contributed by atoms with Crippen LogP contribution < -0.4 is 4.74 Å². The molecule has 0 fully saturated rings. The SMILES string of the molecule is CC1CCn2cnnc2O1. The van der Waals surface area contributed by atoms with E-state index in [-0.39, 0.29) is 6.10 Å². The van der Waals surface area contributed by atoms with E-state index in [9.17, 15) is 0 Å². The molecule has 0 saturated carbocycles. The van der Waals surface area contributed by atoms with Crippen molar-refractivity contribution in [3.05, 3.63) is 6.33 Å². The quantitative estimate of drug-likeness (QED) is 0.524. The number of rotatable bonds is 0. The van der Waals surface area contributed by atoms with Crippen molar-refractivity contribution in [1.82, 2.24) is 14.8 Å². The fourth-order valence-corrected chi connectivity index (χ4v) is 1.05. The molecule has 1 unspecified atom stereocenters. The number of aromatic nitrogens is 3. The molecule has 54 valence electrons. The number of aryl methyl sites for hydroxylation is 1.